The van der Waals surface area contributed by atoms with Crippen molar-refractivity contribution in [2.75, 3.05) is 0 Å². The van der Waals surface area contributed by atoms with Crippen molar-refractivity contribution < 1.29 is 18.3 Å². The summed E-state index contributed by atoms with van der Waals surface area (Å²) < 4.78 is 28.3. The molecule has 0 radical (unpaired) electrons. The van der Waals surface area contributed by atoms with Crippen LogP contribution in [0, 0.1) is 6.92 Å². The summed E-state index contributed by atoms with van der Waals surface area (Å²) in [6, 6.07) is 6.68. The fourth-order valence-corrected chi connectivity index (χ4v) is 3.47. The number of sulfonamides is 1. The van der Waals surface area contributed by atoms with Gasteiger partial charge in [0.05, 0.1) is 6.20 Å². The summed E-state index contributed by atoms with van der Waals surface area (Å²) in [5, 5.41) is 13.2. The number of hydrogen-bond donors (Lipinski definition) is 2. The standard InChI is InChI=1S/C14H17N3O4S/c1-3-17-12(7-8-15-17)22(20,21)16-13(14(18)19)11-6-4-5-10(2)9-11/h4-9,13,16H,3H2,1-2H3,(H,18,19). The molecule has 1 aromatic carbocycles. The van der Waals surface area contributed by atoms with Gasteiger partial charge in [-0.25, -0.2) is 8.42 Å². The van der Waals surface area contributed by atoms with Gasteiger partial charge < -0.3 is 5.11 Å². The van der Waals surface area contributed by atoms with Crippen LogP contribution in [0.1, 0.15) is 24.1 Å². The first-order valence-corrected chi connectivity index (χ1v) is 8.17. The van der Waals surface area contributed by atoms with Crippen LogP contribution in [0.25, 0.3) is 0 Å². The minimum atomic E-state index is -4.00. The van der Waals surface area contributed by atoms with E-state index in [0.717, 1.165) is 5.56 Å². The Morgan fingerprint density at radius 3 is 2.73 bits per heavy atom. The lowest BCUT2D eigenvalue weighted by molar-refractivity contribution is -0.139. The van der Waals surface area contributed by atoms with Crippen LogP contribution in [0.4, 0.5) is 0 Å². The van der Waals surface area contributed by atoms with E-state index in [9.17, 15) is 18.3 Å². The van der Waals surface area contributed by atoms with E-state index in [0.29, 0.717) is 12.1 Å². The predicted molar refractivity (Wildman–Crippen MR) is 79.8 cm³/mol. The highest BCUT2D eigenvalue weighted by molar-refractivity contribution is 7.89. The number of hydrogen-bond acceptors (Lipinski definition) is 4. The molecule has 0 spiro atoms. The molecule has 0 saturated heterocycles. The van der Waals surface area contributed by atoms with Gasteiger partial charge in [-0.15, -0.1) is 0 Å². The Bertz CT molecular complexity index is 783. The van der Waals surface area contributed by atoms with Gasteiger partial charge in [0.2, 0.25) is 0 Å². The molecule has 1 aromatic heterocycles. The fourth-order valence-electron chi connectivity index (χ4n) is 2.11. The Kier molecular flexibility index (Phi) is 4.62. The highest BCUT2D eigenvalue weighted by atomic mass is 32.2. The molecule has 0 amide bonds. The molecule has 1 atom stereocenters. The lowest BCUT2D eigenvalue weighted by Gasteiger charge is -2.16. The van der Waals surface area contributed by atoms with Crippen LogP contribution in [0.5, 0.6) is 0 Å². The first-order valence-electron chi connectivity index (χ1n) is 6.68. The van der Waals surface area contributed by atoms with Crippen LogP contribution in [-0.4, -0.2) is 29.3 Å². The SMILES string of the molecule is CCn1nccc1S(=O)(=O)NC(C(=O)O)c1cccc(C)c1. The number of nitrogens with zero attached hydrogens (tertiary/aromatic N) is 2. The van der Waals surface area contributed by atoms with Crippen molar-refractivity contribution in [3.05, 3.63) is 47.7 Å². The number of aryl methyl sites for hydroxylation is 2. The van der Waals surface area contributed by atoms with Gasteiger partial charge in [0.25, 0.3) is 10.0 Å². The third-order valence-corrected chi connectivity index (χ3v) is 4.59. The van der Waals surface area contributed by atoms with Crippen LogP contribution in [0.2, 0.25) is 0 Å². The molecule has 118 valence electrons. The smallest absolute Gasteiger partial charge is 0.326 e. The molecule has 0 aliphatic carbocycles. The first kappa shape index (κ1) is 16.2. The number of carbonyl (C=O) groups is 1. The van der Waals surface area contributed by atoms with Crippen molar-refractivity contribution in [3.63, 3.8) is 0 Å². The number of benzene rings is 1. The fraction of sp³-hybridized carbons (Fsp3) is 0.286. The predicted octanol–water partition coefficient (Wildman–Crippen LogP) is 1.32. The van der Waals surface area contributed by atoms with Crippen molar-refractivity contribution in [2.24, 2.45) is 0 Å². The highest BCUT2D eigenvalue weighted by Gasteiger charge is 2.28. The maximum absolute atomic E-state index is 12.4. The van der Waals surface area contributed by atoms with E-state index < -0.39 is 22.0 Å². The molecule has 1 heterocycles. The molecule has 0 bridgehead atoms. The first-order chi connectivity index (χ1) is 10.3. The number of carboxylic acid groups (broad SMARTS) is 1. The molecule has 0 aliphatic rings. The molecule has 0 fully saturated rings. The average Bonchev–Trinajstić information content (AvgIpc) is 2.94. The Balaban J connectivity index is 2.38. The van der Waals surface area contributed by atoms with Gasteiger partial charge in [0.1, 0.15) is 6.04 Å². The molecule has 0 aliphatic heterocycles. The Morgan fingerprint density at radius 1 is 1.41 bits per heavy atom. The van der Waals surface area contributed by atoms with E-state index in [1.54, 1.807) is 25.1 Å². The van der Waals surface area contributed by atoms with Crippen molar-refractivity contribution in [2.45, 2.75) is 31.5 Å². The van der Waals surface area contributed by atoms with Crippen molar-refractivity contribution in [3.8, 4) is 0 Å². The lowest BCUT2D eigenvalue weighted by atomic mass is 10.1. The maximum atomic E-state index is 12.4. The molecule has 8 heteroatoms. The normalized spacial score (nSPS) is 13.0. The van der Waals surface area contributed by atoms with E-state index in [1.165, 1.54) is 16.9 Å². The summed E-state index contributed by atoms with van der Waals surface area (Å²) in [4.78, 5) is 11.5. The van der Waals surface area contributed by atoms with Crippen molar-refractivity contribution in [1.82, 2.24) is 14.5 Å². The molecule has 2 rings (SSSR count). The van der Waals surface area contributed by atoms with Crippen LogP contribution < -0.4 is 4.72 Å². The summed E-state index contributed by atoms with van der Waals surface area (Å²) in [6.07, 6.45) is 1.36. The maximum Gasteiger partial charge on any atom is 0.326 e. The zero-order valence-electron chi connectivity index (χ0n) is 12.2. The van der Waals surface area contributed by atoms with Crippen LogP contribution >= 0.6 is 0 Å². The molecule has 7 nitrogen and oxygen atoms in total. The Labute approximate surface area is 128 Å². The van der Waals surface area contributed by atoms with Gasteiger partial charge in [0.15, 0.2) is 5.03 Å². The van der Waals surface area contributed by atoms with Crippen molar-refractivity contribution in [1.29, 1.82) is 0 Å². The van der Waals surface area contributed by atoms with E-state index in [-0.39, 0.29) is 5.03 Å². The molecule has 2 N–H and O–H groups in total. The molecule has 1 unspecified atom stereocenters. The third kappa shape index (κ3) is 3.34. The Hall–Kier alpha value is -2.19. The minimum absolute atomic E-state index is 0.0612. The van der Waals surface area contributed by atoms with Crippen molar-refractivity contribution >= 4 is 16.0 Å². The molecule has 22 heavy (non-hydrogen) atoms. The largest absolute Gasteiger partial charge is 0.480 e. The summed E-state index contributed by atoms with van der Waals surface area (Å²) >= 11 is 0. The monoisotopic (exact) mass is 323 g/mol. The molecular weight excluding hydrogens is 306 g/mol. The summed E-state index contributed by atoms with van der Waals surface area (Å²) in [5.41, 5.74) is 1.22. The second kappa shape index (κ2) is 6.29. The van der Waals surface area contributed by atoms with Gasteiger partial charge in [0, 0.05) is 6.54 Å². The van der Waals surface area contributed by atoms with Gasteiger partial charge in [-0.1, -0.05) is 29.8 Å². The van der Waals surface area contributed by atoms with E-state index in [1.807, 2.05) is 13.0 Å². The van der Waals surface area contributed by atoms with Gasteiger partial charge >= 0.3 is 5.97 Å². The zero-order chi connectivity index (χ0) is 16.3. The lowest BCUT2D eigenvalue weighted by Crippen LogP contribution is -2.35. The number of rotatable bonds is 6. The topological polar surface area (TPSA) is 101 Å². The van der Waals surface area contributed by atoms with E-state index in [4.69, 9.17) is 0 Å². The van der Waals surface area contributed by atoms with Crippen LogP contribution in [-0.2, 0) is 21.4 Å². The van der Waals surface area contributed by atoms with Gasteiger partial charge in [-0.3, -0.25) is 9.48 Å². The summed E-state index contributed by atoms with van der Waals surface area (Å²) in [5.74, 6) is -1.27. The van der Waals surface area contributed by atoms with Gasteiger partial charge in [-0.2, -0.15) is 9.82 Å². The highest BCUT2D eigenvalue weighted by Crippen LogP contribution is 2.18. The number of aromatic nitrogens is 2. The van der Waals surface area contributed by atoms with E-state index >= 15 is 0 Å². The minimum Gasteiger partial charge on any atom is -0.480 e. The number of carboxylic acids is 1. The summed E-state index contributed by atoms with van der Waals surface area (Å²) in [7, 11) is -4.00. The molecular formula is C14H17N3O4S. The molecule has 0 saturated carbocycles. The second-order valence-electron chi connectivity index (χ2n) is 4.79. The number of aliphatic carboxylic acids is 1. The van der Waals surface area contributed by atoms with Crippen LogP contribution in [0.15, 0.2) is 41.6 Å². The average molecular weight is 323 g/mol. The zero-order valence-corrected chi connectivity index (χ0v) is 13.0. The molecule has 2 aromatic rings. The third-order valence-electron chi connectivity index (χ3n) is 3.15. The quantitative estimate of drug-likeness (QED) is 0.835. The number of nitrogens with one attached hydrogen (secondary N) is 1. The van der Waals surface area contributed by atoms with Gasteiger partial charge in [-0.05, 0) is 25.5 Å². The summed E-state index contributed by atoms with van der Waals surface area (Å²) in [6.45, 7) is 3.93. The second-order valence-corrected chi connectivity index (χ2v) is 6.45. The van der Waals surface area contributed by atoms with E-state index in [2.05, 4.69) is 9.82 Å². The van der Waals surface area contributed by atoms with Crippen LogP contribution in [0.3, 0.4) is 0 Å². The Morgan fingerprint density at radius 2 is 2.14 bits per heavy atom.